The van der Waals surface area contributed by atoms with E-state index < -0.39 is 0 Å². The van der Waals surface area contributed by atoms with Crippen molar-refractivity contribution in [3.8, 4) is 16.9 Å². The van der Waals surface area contributed by atoms with E-state index in [9.17, 15) is 10.1 Å². The zero-order chi connectivity index (χ0) is 19.9. The Balaban J connectivity index is 2.02. The molecule has 0 aliphatic heterocycles. The molecule has 4 nitrogen and oxygen atoms in total. The summed E-state index contributed by atoms with van der Waals surface area (Å²) in [5.41, 5.74) is 5.55. The van der Waals surface area contributed by atoms with Gasteiger partial charge in [-0.1, -0.05) is 57.2 Å². The van der Waals surface area contributed by atoms with E-state index in [1.54, 1.807) is 12.1 Å². The maximum absolute atomic E-state index is 11.0. The highest BCUT2D eigenvalue weighted by molar-refractivity contribution is 5.89. The summed E-state index contributed by atoms with van der Waals surface area (Å²) in [6.07, 6.45) is 0. The van der Waals surface area contributed by atoms with Crippen molar-refractivity contribution in [1.29, 1.82) is 0 Å². The average molecular weight is 370 g/mol. The minimum atomic E-state index is -0.367. The first-order valence-corrected chi connectivity index (χ1v) is 9.31. The number of rotatable bonds is 3. The Hall–Kier alpha value is -3.40. The summed E-state index contributed by atoms with van der Waals surface area (Å²) in [7, 11) is 0. The highest BCUT2D eigenvalue weighted by atomic mass is 16.6. The van der Waals surface area contributed by atoms with E-state index in [0.717, 1.165) is 27.8 Å². The molecule has 0 aliphatic rings. The van der Waals surface area contributed by atoms with E-state index in [1.807, 2.05) is 24.3 Å². The first-order chi connectivity index (χ1) is 13.4. The van der Waals surface area contributed by atoms with Gasteiger partial charge in [0.2, 0.25) is 0 Å². The van der Waals surface area contributed by atoms with Gasteiger partial charge in [0, 0.05) is 23.2 Å². The molecule has 0 bridgehead atoms. The van der Waals surface area contributed by atoms with Crippen LogP contribution in [0, 0.1) is 10.1 Å². The van der Waals surface area contributed by atoms with Crippen LogP contribution in [0.1, 0.15) is 26.3 Å². The zero-order valence-electron chi connectivity index (χ0n) is 16.2. The SMILES string of the molecule is CC(C)(C)c1ccccc1-n1c(-c2ccc([N+](=O)[O-])cc2)cc2ccccc21. The van der Waals surface area contributed by atoms with Crippen LogP contribution >= 0.6 is 0 Å². The number of fused-ring (bicyclic) bond motifs is 1. The molecule has 0 unspecified atom stereocenters. The van der Waals surface area contributed by atoms with E-state index in [1.165, 1.54) is 5.56 Å². The summed E-state index contributed by atoms with van der Waals surface area (Å²) in [5, 5.41) is 12.2. The topological polar surface area (TPSA) is 48.1 Å². The van der Waals surface area contributed by atoms with Crippen LogP contribution in [-0.2, 0) is 5.41 Å². The van der Waals surface area contributed by atoms with Crippen LogP contribution in [0.25, 0.3) is 27.8 Å². The lowest BCUT2D eigenvalue weighted by Crippen LogP contribution is -2.15. The number of non-ortho nitro benzene ring substituents is 1. The van der Waals surface area contributed by atoms with Gasteiger partial charge in [0.25, 0.3) is 5.69 Å². The highest BCUT2D eigenvalue weighted by Gasteiger charge is 2.21. The van der Waals surface area contributed by atoms with Crippen molar-refractivity contribution in [2.45, 2.75) is 26.2 Å². The van der Waals surface area contributed by atoms with Crippen molar-refractivity contribution in [3.63, 3.8) is 0 Å². The smallest absolute Gasteiger partial charge is 0.269 e. The monoisotopic (exact) mass is 370 g/mol. The number of aromatic nitrogens is 1. The largest absolute Gasteiger partial charge is 0.309 e. The molecule has 0 spiro atoms. The van der Waals surface area contributed by atoms with Gasteiger partial charge in [0.05, 0.1) is 16.1 Å². The molecule has 1 aromatic heterocycles. The van der Waals surface area contributed by atoms with Crippen LogP contribution in [0.2, 0.25) is 0 Å². The Bertz CT molecular complexity index is 1170. The third kappa shape index (κ3) is 3.07. The number of nitro groups is 1. The third-order valence-electron chi connectivity index (χ3n) is 5.04. The fraction of sp³-hybridized carbons (Fsp3) is 0.167. The van der Waals surface area contributed by atoms with Crippen molar-refractivity contribution in [2.75, 3.05) is 0 Å². The van der Waals surface area contributed by atoms with Gasteiger partial charge in [-0.3, -0.25) is 10.1 Å². The van der Waals surface area contributed by atoms with Gasteiger partial charge in [-0.25, -0.2) is 0 Å². The first kappa shape index (κ1) is 18.0. The van der Waals surface area contributed by atoms with Gasteiger partial charge in [0.15, 0.2) is 0 Å². The van der Waals surface area contributed by atoms with Gasteiger partial charge < -0.3 is 4.57 Å². The summed E-state index contributed by atoms with van der Waals surface area (Å²) in [4.78, 5) is 10.7. The Morgan fingerprint density at radius 1 is 0.857 bits per heavy atom. The minimum Gasteiger partial charge on any atom is -0.309 e. The van der Waals surface area contributed by atoms with E-state index in [2.05, 4.69) is 67.8 Å². The molecule has 0 aliphatic carbocycles. The lowest BCUT2D eigenvalue weighted by atomic mass is 9.85. The second-order valence-electron chi connectivity index (χ2n) is 7.99. The maximum Gasteiger partial charge on any atom is 0.269 e. The van der Waals surface area contributed by atoms with Gasteiger partial charge in [-0.15, -0.1) is 0 Å². The molecule has 4 heteroatoms. The molecular formula is C24H22N2O2. The molecule has 0 saturated carbocycles. The minimum absolute atomic E-state index is 0.0191. The average Bonchev–Trinajstić information content (AvgIpc) is 3.07. The van der Waals surface area contributed by atoms with Crippen LogP contribution in [0.5, 0.6) is 0 Å². The third-order valence-corrected chi connectivity index (χ3v) is 5.04. The molecular weight excluding hydrogens is 348 g/mol. The van der Waals surface area contributed by atoms with Gasteiger partial charge in [-0.2, -0.15) is 0 Å². The number of hydrogen-bond donors (Lipinski definition) is 0. The Morgan fingerprint density at radius 2 is 1.50 bits per heavy atom. The molecule has 1 heterocycles. The molecule has 4 aromatic rings. The number of nitro benzene ring substituents is 1. The second-order valence-corrected chi connectivity index (χ2v) is 7.99. The van der Waals surface area contributed by atoms with Crippen LogP contribution in [0.15, 0.2) is 78.9 Å². The highest BCUT2D eigenvalue weighted by Crippen LogP contribution is 2.36. The van der Waals surface area contributed by atoms with Gasteiger partial charge in [-0.05, 0) is 46.9 Å². The molecule has 0 N–H and O–H groups in total. The van der Waals surface area contributed by atoms with Gasteiger partial charge in [0.1, 0.15) is 0 Å². The van der Waals surface area contributed by atoms with Crippen molar-refractivity contribution in [1.82, 2.24) is 4.57 Å². The molecule has 4 rings (SSSR count). The summed E-state index contributed by atoms with van der Waals surface area (Å²) in [5.74, 6) is 0. The lowest BCUT2D eigenvalue weighted by Gasteiger charge is -2.25. The molecule has 3 aromatic carbocycles. The normalized spacial score (nSPS) is 11.7. The van der Waals surface area contributed by atoms with Crippen LogP contribution in [-0.4, -0.2) is 9.49 Å². The predicted molar refractivity (Wildman–Crippen MR) is 114 cm³/mol. The number of nitrogens with zero attached hydrogens (tertiary/aromatic N) is 2. The van der Waals surface area contributed by atoms with Crippen LogP contribution in [0.3, 0.4) is 0 Å². The Kier molecular flexibility index (Phi) is 4.27. The predicted octanol–water partition coefficient (Wildman–Crippen LogP) is 6.50. The first-order valence-electron chi connectivity index (χ1n) is 9.31. The standard InChI is InChI=1S/C24H22N2O2/c1-24(2,3)20-9-5-7-11-22(20)25-21-10-6-4-8-18(21)16-23(25)17-12-14-19(15-13-17)26(27)28/h4-16H,1-3H3. The van der Waals surface area contributed by atoms with Crippen molar-refractivity contribution >= 4 is 16.6 Å². The molecule has 140 valence electrons. The van der Waals surface area contributed by atoms with Gasteiger partial charge >= 0.3 is 0 Å². The van der Waals surface area contributed by atoms with E-state index in [0.29, 0.717) is 0 Å². The number of hydrogen-bond acceptors (Lipinski definition) is 2. The fourth-order valence-electron chi connectivity index (χ4n) is 3.68. The Morgan fingerprint density at radius 3 is 2.18 bits per heavy atom. The Labute approximate surface area is 164 Å². The van der Waals surface area contributed by atoms with Crippen molar-refractivity contribution in [2.24, 2.45) is 0 Å². The summed E-state index contributed by atoms with van der Waals surface area (Å²) < 4.78 is 2.26. The molecule has 28 heavy (non-hydrogen) atoms. The second kappa shape index (κ2) is 6.64. The van der Waals surface area contributed by atoms with Crippen molar-refractivity contribution < 1.29 is 4.92 Å². The molecule has 0 radical (unpaired) electrons. The lowest BCUT2D eigenvalue weighted by molar-refractivity contribution is -0.384. The summed E-state index contributed by atoms with van der Waals surface area (Å²) in [6.45, 7) is 6.63. The number of benzene rings is 3. The van der Waals surface area contributed by atoms with E-state index >= 15 is 0 Å². The maximum atomic E-state index is 11.0. The van der Waals surface area contributed by atoms with Crippen LogP contribution < -0.4 is 0 Å². The zero-order valence-corrected chi connectivity index (χ0v) is 16.2. The number of para-hydroxylation sites is 2. The molecule has 0 saturated heterocycles. The molecule has 0 atom stereocenters. The molecule has 0 fully saturated rings. The fourth-order valence-corrected chi connectivity index (χ4v) is 3.68. The van der Waals surface area contributed by atoms with Crippen molar-refractivity contribution in [3.05, 3.63) is 94.5 Å². The molecule has 0 amide bonds. The summed E-state index contributed by atoms with van der Waals surface area (Å²) in [6, 6.07) is 25.6. The summed E-state index contributed by atoms with van der Waals surface area (Å²) >= 11 is 0. The quantitative estimate of drug-likeness (QED) is 0.305. The van der Waals surface area contributed by atoms with E-state index in [4.69, 9.17) is 0 Å². The van der Waals surface area contributed by atoms with E-state index in [-0.39, 0.29) is 16.0 Å². The van der Waals surface area contributed by atoms with Crippen LogP contribution in [0.4, 0.5) is 5.69 Å².